The highest BCUT2D eigenvalue weighted by molar-refractivity contribution is 7.98. The molecule has 0 spiro atoms. The zero-order valence-corrected chi connectivity index (χ0v) is 19.7. The fourth-order valence-corrected chi connectivity index (χ4v) is 4.01. The lowest BCUT2D eigenvalue weighted by Gasteiger charge is -2.18. The van der Waals surface area contributed by atoms with E-state index in [0.29, 0.717) is 46.3 Å². The number of ether oxygens (including phenoxy) is 1. The van der Waals surface area contributed by atoms with Crippen LogP contribution in [0, 0.1) is 22.7 Å². The van der Waals surface area contributed by atoms with E-state index >= 15 is 0 Å². The Labute approximate surface area is 197 Å². The molecule has 0 radical (unpaired) electrons. The zero-order valence-electron chi connectivity index (χ0n) is 18.8. The molecule has 3 N–H and O–H groups in total. The largest absolute Gasteiger partial charge is 0.449 e. The summed E-state index contributed by atoms with van der Waals surface area (Å²) in [5, 5.41) is 22.6. The maximum Gasteiger partial charge on any atom is 0.404 e. The number of thioether (sulfide) groups is 1. The number of primary amides is 1. The third-order valence-electron chi connectivity index (χ3n) is 4.71. The monoisotopic (exact) mass is 466 g/mol. The molecule has 0 saturated carbocycles. The molecule has 0 saturated heterocycles. The molecule has 0 unspecified atom stereocenters. The molecule has 1 heterocycles. The maximum atomic E-state index is 11.8. The van der Waals surface area contributed by atoms with E-state index in [2.05, 4.69) is 27.2 Å². The number of nitriles is 2. The van der Waals surface area contributed by atoms with Crippen LogP contribution in [0.1, 0.15) is 41.2 Å². The Hall–Kier alpha value is -3.76. The lowest BCUT2D eigenvalue weighted by atomic mass is 10.0. The van der Waals surface area contributed by atoms with E-state index in [1.54, 1.807) is 4.90 Å². The van der Waals surface area contributed by atoms with E-state index in [1.165, 1.54) is 11.8 Å². The van der Waals surface area contributed by atoms with E-state index < -0.39 is 6.09 Å². The molecule has 9 nitrogen and oxygen atoms in total. The molecule has 2 amide bonds. The van der Waals surface area contributed by atoms with Crippen molar-refractivity contribution in [2.45, 2.75) is 37.1 Å². The highest BCUT2D eigenvalue weighted by Crippen LogP contribution is 2.32. The molecule has 0 atom stereocenters. The smallest absolute Gasteiger partial charge is 0.404 e. The second-order valence-electron chi connectivity index (χ2n) is 7.24. The Morgan fingerprint density at radius 3 is 2.33 bits per heavy atom. The summed E-state index contributed by atoms with van der Waals surface area (Å²) in [5.74, 6) is 0.916. The van der Waals surface area contributed by atoms with Crippen LogP contribution in [0.5, 0.6) is 0 Å². The summed E-state index contributed by atoms with van der Waals surface area (Å²) in [6.07, 6.45) is -0.290. The van der Waals surface area contributed by atoms with Gasteiger partial charge in [0.25, 0.3) is 0 Å². The van der Waals surface area contributed by atoms with Crippen LogP contribution < -0.4 is 16.0 Å². The molecule has 2 rings (SSSR count). The van der Waals surface area contributed by atoms with Gasteiger partial charge in [-0.25, -0.2) is 9.78 Å². The van der Waals surface area contributed by atoms with E-state index in [0.717, 1.165) is 11.1 Å². The van der Waals surface area contributed by atoms with Crippen molar-refractivity contribution in [3.05, 3.63) is 52.1 Å². The van der Waals surface area contributed by atoms with Crippen molar-refractivity contribution in [1.29, 1.82) is 10.5 Å². The first-order chi connectivity index (χ1) is 15.8. The van der Waals surface area contributed by atoms with Crippen molar-refractivity contribution in [1.82, 2.24) is 10.3 Å². The maximum absolute atomic E-state index is 11.8. The molecule has 0 aliphatic carbocycles. The van der Waals surface area contributed by atoms with Crippen LogP contribution >= 0.6 is 11.8 Å². The van der Waals surface area contributed by atoms with Crippen molar-refractivity contribution in [2.24, 2.45) is 5.73 Å². The summed E-state index contributed by atoms with van der Waals surface area (Å²) in [6.45, 7) is 2.22. The third kappa shape index (κ3) is 7.13. The van der Waals surface area contributed by atoms with Crippen LogP contribution in [0.3, 0.4) is 0 Å². The molecule has 1 aromatic heterocycles. The highest BCUT2D eigenvalue weighted by Gasteiger charge is 2.20. The Morgan fingerprint density at radius 2 is 1.79 bits per heavy atom. The minimum Gasteiger partial charge on any atom is -0.449 e. The average Bonchev–Trinajstić information content (AvgIpc) is 2.80. The molecule has 2 aromatic rings. The SMILES string of the molecule is CCc1c(C#N)c(SCc2ccc(CNC(=O)CCOC(N)=O)cc2)nc(N(C)C)c1C#N. The first kappa shape index (κ1) is 25.5. The highest BCUT2D eigenvalue weighted by atomic mass is 32.2. The summed E-state index contributed by atoms with van der Waals surface area (Å²) in [7, 11) is 3.65. The average molecular weight is 467 g/mol. The van der Waals surface area contributed by atoms with Gasteiger partial charge in [0.05, 0.1) is 17.5 Å². The van der Waals surface area contributed by atoms with Gasteiger partial charge in [0.2, 0.25) is 5.91 Å². The number of hydrogen-bond acceptors (Lipinski definition) is 8. The second-order valence-corrected chi connectivity index (χ2v) is 8.20. The minimum absolute atomic E-state index is 0.0468. The van der Waals surface area contributed by atoms with Gasteiger partial charge in [-0.1, -0.05) is 31.2 Å². The van der Waals surface area contributed by atoms with E-state index in [9.17, 15) is 20.1 Å². The number of nitrogens with two attached hydrogens (primary N) is 1. The standard InChI is InChI=1S/C23H26N6O3S/c1-4-17-18(11-24)21(29(2)3)28-22(19(17)12-25)33-14-16-7-5-15(6-8-16)13-27-20(30)9-10-32-23(26)31/h5-8H,4,9-10,13-14H2,1-3H3,(H2,26,31)(H,27,30). The van der Waals surface area contributed by atoms with Crippen LogP contribution in [-0.4, -0.2) is 37.7 Å². The van der Waals surface area contributed by atoms with Gasteiger partial charge >= 0.3 is 6.09 Å². The number of carbonyl (C=O) groups excluding carboxylic acids is 2. The number of nitrogens with one attached hydrogen (secondary N) is 1. The lowest BCUT2D eigenvalue weighted by Crippen LogP contribution is -2.25. The molecule has 10 heteroatoms. The van der Waals surface area contributed by atoms with E-state index in [1.807, 2.05) is 45.3 Å². The molecule has 0 aliphatic heterocycles. The van der Waals surface area contributed by atoms with Crippen molar-refractivity contribution < 1.29 is 14.3 Å². The van der Waals surface area contributed by atoms with E-state index in [4.69, 9.17) is 5.73 Å². The van der Waals surface area contributed by atoms with Crippen LogP contribution in [0.4, 0.5) is 10.6 Å². The summed E-state index contributed by atoms with van der Waals surface area (Å²) < 4.78 is 4.54. The topological polar surface area (TPSA) is 145 Å². The molecule has 0 aliphatic rings. The molecule has 33 heavy (non-hydrogen) atoms. The quantitative estimate of drug-likeness (QED) is 0.508. The number of pyridine rings is 1. The van der Waals surface area contributed by atoms with Gasteiger partial charge < -0.3 is 20.7 Å². The predicted octanol–water partition coefficient (Wildman–Crippen LogP) is 2.85. The number of anilines is 1. The van der Waals surface area contributed by atoms with Gasteiger partial charge in [-0.3, -0.25) is 4.79 Å². The van der Waals surface area contributed by atoms with Crippen LogP contribution in [-0.2, 0) is 28.2 Å². The van der Waals surface area contributed by atoms with Crippen molar-refractivity contribution >= 4 is 29.6 Å². The van der Waals surface area contributed by atoms with Gasteiger partial charge in [-0.05, 0) is 23.1 Å². The Balaban J connectivity index is 2.05. The molecule has 1 aromatic carbocycles. The number of amides is 2. The van der Waals surface area contributed by atoms with Crippen molar-refractivity contribution in [3.63, 3.8) is 0 Å². The number of nitrogens with zero attached hydrogens (tertiary/aromatic N) is 4. The minimum atomic E-state index is -0.904. The first-order valence-electron chi connectivity index (χ1n) is 10.2. The third-order valence-corrected chi connectivity index (χ3v) is 5.76. The molecular weight excluding hydrogens is 440 g/mol. The second kappa shape index (κ2) is 12.3. The number of rotatable bonds is 10. The summed E-state index contributed by atoms with van der Waals surface area (Å²) in [5.41, 5.74) is 8.41. The van der Waals surface area contributed by atoms with Gasteiger partial charge in [-0.2, -0.15) is 10.5 Å². The number of hydrogen-bond donors (Lipinski definition) is 2. The van der Waals surface area contributed by atoms with Crippen molar-refractivity contribution in [2.75, 3.05) is 25.6 Å². The Morgan fingerprint density at radius 1 is 1.15 bits per heavy atom. The number of benzene rings is 1. The van der Waals surface area contributed by atoms with Crippen LogP contribution in [0.2, 0.25) is 0 Å². The predicted molar refractivity (Wildman–Crippen MR) is 125 cm³/mol. The fourth-order valence-electron chi connectivity index (χ4n) is 3.05. The summed E-state index contributed by atoms with van der Waals surface area (Å²) >= 11 is 1.45. The Kier molecular flexibility index (Phi) is 9.52. The molecular formula is C23H26N6O3S. The van der Waals surface area contributed by atoms with Gasteiger partial charge in [0.1, 0.15) is 29.6 Å². The lowest BCUT2D eigenvalue weighted by molar-refractivity contribution is -0.121. The van der Waals surface area contributed by atoms with Gasteiger partial charge in [0, 0.05) is 26.4 Å². The Bertz CT molecular complexity index is 1090. The van der Waals surface area contributed by atoms with Crippen LogP contribution in [0.15, 0.2) is 29.3 Å². The molecule has 172 valence electrons. The van der Waals surface area contributed by atoms with Gasteiger partial charge in [-0.15, -0.1) is 11.8 Å². The van der Waals surface area contributed by atoms with Crippen LogP contribution in [0.25, 0.3) is 0 Å². The zero-order chi connectivity index (χ0) is 24.4. The van der Waals surface area contributed by atoms with E-state index in [-0.39, 0.29) is 18.9 Å². The van der Waals surface area contributed by atoms with Crippen molar-refractivity contribution in [3.8, 4) is 12.1 Å². The first-order valence-corrected chi connectivity index (χ1v) is 11.2. The fraction of sp³-hybridized carbons (Fsp3) is 0.348. The number of carbonyl (C=O) groups is 2. The normalized spacial score (nSPS) is 10.1. The summed E-state index contributed by atoms with van der Waals surface area (Å²) in [4.78, 5) is 28.6. The van der Waals surface area contributed by atoms with Gasteiger partial charge in [0.15, 0.2) is 0 Å². The summed E-state index contributed by atoms with van der Waals surface area (Å²) in [6, 6.07) is 12.1. The molecule has 0 fully saturated rings. The number of aromatic nitrogens is 1. The molecule has 0 bridgehead atoms.